The molecule has 9 heteroatoms. The summed E-state index contributed by atoms with van der Waals surface area (Å²) in [6.45, 7) is 2.38. The van der Waals surface area contributed by atoms with Crippen molar-refractivity contribution in [3.8, 4) is 11.5 Å². The van der Waals surface area contributed by atoms with E-state index in [1.54, 1.807) is 39.3 Å². The van der Waals surface area contributed by atoms with E-state index in [1.165, 1.54) is 5.56 Å². The van der Waals surface area contributed by atoms with Crippen LogP contribution in [0, 0.1) is 0 Å². The van der Waals surface area contributed by atoms with Gasteiger partial charge in [0.25, 0.3) is 5.91 Å². The van der Waals surface area contributed by atoms with Crippen LogP contribution < -0.4 is 30.3 Å². The van der Waals surface area contributed by atoms with Gasteiger partial charge in [-0.1, -0.05) is 18.2 Å². The van der Waals surface area contributed by atoms with Gasteiger partial charge in [-0.3, -0.25) is 9.59 Å². The fourth-order valence-electron chi connectivity index (χ4n) is 4.96. The first-order valence-corrected chi connectivity index (χ1v) is 12.6. The standard InChI is InChI=1S/C29H32N4O5/c1-17(30-2)28(35)32-21-9-18(15-34)8-19(10-21)16-38-27-13-24-23(12-26(27)37-3)29(36)33-22(14-31-24)11-20-6-4-5-7-25(20)33/h4-10,12-13,17,22,30-31,34H,11,14-16H2,1-3H3,(H,32,35)/t17?,22-/m0/s1. The van der Waals surface area contributed by atoms with Crippen LogP contribution in [0.3, 0.4) is 0 Å². The van der Waals surface area contributed by atoms with E-state index in [2.05, 4.69) is 22.0 Å². The van der Waals surface area contributed by atoms with E-state index in [0.29, 0.717) is 40.5 Å². The molecule has 0 radical (unpaired) electrons. The highest BCUT2D eigenvalue weighted by Crippen LogP contribution is 2.40. The van der Waals surface area contributed by atoms with Gasteiger partial charge in [0.2, 0.25) is 5.91 Å². The van der Waals surface area contributed by atoms with Gasteiger partial charge < -0.3 is 35.4 Å². The van der Waals surface area contributed by atoms with Crippen molar-refractivity contribution in [2.24, 2.45) is 0 Å². The Morgan fingerprint density at radius 1 is 1.16 bits per heavy atom. The summed E-state index contributed by atoms with van der Waals surface area (Å²) < 4.78 is 11.7. The number of rotatable bonds is 8. The van der Waals surface area contributed by atoms with E-state index < -0.39 is 0 Å². The first kappa shape index (κ1) is 25.6. The van der Waals surface area contributed by atoms with E-state index >= 15 is 0 Å². The molecule has 9 nitrogen and oxygen atoms in total. The zero-order valence-corrected chi connectivity index (χ0v) is 21.7. The number of para-hydroxylation sites is 1. The minimum atomic E-state index is -0.365. The van der Waals surface area contributed by atoms with Gasteiger partial charge in [0, 0.05) is 24.0 Å². The van der Waals surface area contributed by atoms with Crippen molar-refractivity contribution in [3.05, 3.63) is 76.9 Å². The molecule has 0 saturated heterocycles. The number of hydrogen-bond acceptors (Lipinski definition) is 7. The molecule has 5 rings (SSSR count). The number of anilines is 3. The van der Waals surface area contributed by atoms with Gasteiger partial charge >= 0.3 is 0 Å². The Hall–Kier alpha value is -4.08. The molecule has 0 fully saturated rings. The van der Waals surface area contributed by atoms with Gasteiger partial charge in [-0.15, -0.1) is 0 Å². The van der Waals surface area contributed by atoms with Gasteiger partial charge in [-0.2, -0.15) is 0 Å². The third-order valence-corrected chi connectivity index (χ3v) is 7.08. The number of nitrogens with one attached hydrogen (secondary N) is 3. The fraction of sp³-hybridized carbons (Fsp3) is 0.310. The molecule has 3 aromatic carbocycles. The second kappa shape index (κ2) is 10.7. The van der Waals surface area contributed by atoms with Crippen LogP contribution in [0.5, 0.6) is 11.5 Å². The smallest absolute Gasteiger partial charge is 0.260 e. The average Bonchev–Trinajstić information content (AvgIpc) is 3.25. The summed E-state index contributed by atoms with van der Waals surface area (Å²) >= 11 is 0. The Labute approximate surface area is 221 Å². The maximum absolute atomic E-state index is 13.6. The van der Waals surface area contributed by atoms with E-state index in [0.717, 1.165) is 17.7 Å². The van der Waals surface area contributed by atoms with Gasteiger partial charge in [0.15, 0.2) is 11.5 Å². The summed E-state index contributed by atoms with van der Waals surface area (Å²) in [6, 6.07) is 16.6. The highest BCUT2D eigenvalue weighted by atomic mass is 16.5. The van der Waals surface area contributed by atoms with Crippen molar-refractivity contribution in [1.29, 1.82) is 0 Å². The minimum absolute atomic E-state index is 0.0307. The lowest BCUT2D eigenvalue weighted by atomic mass is 10.1. The number of benzene rings is 3. The Kier molecular flexibility index (Phi) is 7.22. The molecule has 2 aliphatic heterocycles. The van der Waals surface area contributed by atoms with Crippen LogP contribution in [0.15, 0.2) is 54.6 Å². The SMILES string of the molecule is CNC(C)C(=O)Nc1cc(CO)cc(COc2cc3c(cc2OC)C(=O)N2c4ccccc4C[C@H]2CN3)c1. The molecule has 0 saturated carbocycles. The molecule has 2 heterocycles. The van der Waals surface area contributed by atoms with E-state index in [9.17, 15) is 14.7 Å². The molecule has 2 aliphatic rings. The average molecular weight is 517 g/mol. The first-order chi connectivity index (χ1) is 18.4. The number of fused-ring (bicyclic) bond motifs is 4. The molecule has 0 aromatic heterocycles. The van der Waals surface area contributed by atoms with Crippen molar-refractivity contribution in [2.45, 2.75) is 38.6 Å². The van der Waals surface area contributed by atoms with Gasteiger partial charge in [-0.05, 0) is 67.4 Å². The van der Waals surface area contributed by atoms with Crippen LogP contribution in [0.2, 0.25) is 0 Å². The zero-order valence-electron chi connectivity index (χ0n) is 21.7. The van der Waals surface area contributed by atoms with Gasteiger partial charge in [-0.25, -0.2) is 0 Å². The molecule has 0 bridgehead atoms. The van der Waals surface area contributed by atoms with Crippen LogP contribution in [0.4, 0.5) is 17.1 Å². The summed E-state index contributed by atoms with van der Waals surface area (Å²) in [5.41, 5.74) is 5.33. The minimum Gasteiger partial charge on any atom is -0.493 e. The third-order valence-electron chi connectivity index (χ3n) is 7.08. The Morgan fingerprint density at radius 2 is 1.95 bits per heavy atom. The number of carbonyl (C=O) groups excluding carboxylic acids is 2. The highest BCUT2D eigenvalue weighted by molar-refractivity contribution is 6.12. The molecule has 2 amide bonds. The number of amides is 2. The van der Waals surface area contributed by atoms with Crippen molar-refractivity contribution in [2.75, 3.05) is 36.2 Å². The first-order valence-electron chi connectivity index (χ1n) is 12.6. The quantitative estimate of drug-likeness (QED) is 0.363. The lowest BCUT2D eigenvalue weighted by Gasteiger charge is -2.22. The lowest BCUT2D eigenvalue weighted by molar-refractivity contribution is -0.117. The molecule has 38 heavy (non-hydrogen) atoms. The maximum Gasteiger partial charge on any atom is 0.260 e. The summed E-state index contributed by atoms with van der Waals surface area (Å²) in [5, 5.41) is 18.9. The second-order valence-corrected chi connectivity index (χ2v) is 9.58. The Balaban J connectivity index is 1.39. The summed E-state index contributed by atoms with van der Waals surface area (Å²) in [5.74, 6) is 0.676. The van der Waals surface area contributed by atoms with Crippen molar-refractivity contribution in [1.82, 2.24) is 5.32 Å². The predicted octanol–water partition coefficient (Wildman–Crippen LogP) is 3.31. The predicted molar refractivity (Wildman–Crippen MR) is 146 cm³/mol. The molecular formula is C29H32N4O5. The maximum atomic E-state index is 13.6. The Bertz CT molecular complexity index is 1380. The van der Waals surface area contributed by atoms with Crippen molar-refractivity contribution < 1.29 is 24.2 Å². The van der Waals surface area contributed by atoms with E-state index in [1.807, 2.05) is 35.2 Å². The van der Waals surface area contributed by atoms with Crippen LogP contribution >= 0.6 is 0 Å². The fourth-order valence-corrected chi connectivity index (χ4v) is 4.96. The molecule has 1 unspecified atom stereocenters. The van der Waals surface area contributed by atoms with E-state index in [4.69, 9.17) is 9.47 Å². The van der Waals surface area contributed by atoms with Crippen LogP contribution in [-0.2, 0) is 24.4 Å². The molecule has 198 valence electrons. The second-order valence-electron chi connectivity index (χ2n) is 9.58. The van der Waals surface area contributed by atoms with Gasteiger partial charge in [0.05, 0.1) is 37.1 Å². The summed E-state index contributed by atoms with van der Waals surface area (Å²) in [7, 11) is 3.26. The normalized spacial score (nSPS) is 16.5. The topological polar surface area (TPSA) is 112 Å². The van der Waals surface area contributed by atoms with Crippen LogP contribution in [-0.4, -0.2) is 49.7 Å². The monoisotopic (exact) mass is 516 g/mol. The van der Waals surface area contributed by atoms with E-state index in [-0.39, 0.29) is 37.1 Å². The van der Waals surface area contributed by atoms with Crippen molar-refractivity contribution in [3.63, 3.8) is 0 Å². The lowest BCUT2D eigenvalue weighted by Crippen LogP contribution is -2.39. The molecule has 0 aliphatic carbocycles. The number of nitrogens with zero attached hydrogens (tertiary/aromatic N) is 1. The number of aliphatic hydroxyl groups excluding tert-OH is 1. The molecule has 2 atom stereocenters. The number of likely N-dealkylation sites (N-methyl/N-ethyl adjacent to an activating group) is 1. The number of methoxy groups -OCH3 is 1. The third kappa shape index (κ3) is 4.90. The summed E-state index contributed by atoms with van der Waals surface area (Å²) in [6.07, 6.45) is 0.802. The number of ether oxygens (including phenoxy) is 2. The molecule has 0 spiro atoms. The Morgan fingerprint density at radius 3 is 2.71 bits per heavy atom. The number of carbonyl (C=O) groups is 2. The molecular weight excluding hydrogens is 484 g/mol. The zero-order chi connectivity index (χ0) is 26.8. The number of aliphatic hydroxyl groups is 1. The summed E-state index contributed by atoms with van der Waals surface area (Å²) in [4.78, 5) is 27.8. The molecule has 3 aromatic rings. The van der Waals surface area contributed by atoms with Crippen molar-refractivity contribution >= 4 is 28.9 Å². The number of hydrogen-bond donors (Lipinski definition) is 4. The van der Waals surface area contributed by atoms with Gasteiger partial charge in [0.1, 0.15) is 6.61 Å². The van der Waals surface area contributed by atoms with Crippen LogP contribution in [0.1, 0.15) is 34.0 Å². The highest BCUT2D eigenvalue weighted by Gasteiger charge is 2.37. The molecule has 4 N–H and O–H groups in total. The largest absolute Gasteiger partial charge is 0.493 e. The van der Waals surface area contributed by atoms with Crippen LogP contribution in [0.25, 0.3) is 0 Å².